The van der Waals surface area contributed by atoms with E-state index in [1.807, 2.05) is 26.0 Å². The average Bonchev–Trinajstić information content (AvgIpc) is 2.25. The Morgan fingerprint density at radius 1 is 1.17 bits per heavy atom. The van der Waals surface area contributed by atoms with E-state index in [2.05, 4.69) is 31.1 Å². The summed E-state index contributed by atoms with van der Waals surface area (Å²) in [7, 11) is 1.68. The van der Waals surface area contributed by atoms with Crippen molar-refractivity contribution in [3.8, 4) is 11.5 Å². The fourth-order valence-electron chi connectivity index (χ4n) is 1.53. The van der Waals surface area contributed by atoms with Crippen LogP contribution in [0, 0.1) is 0 Å². The molecular weight excluding hydrogens is 331 g/mol. The van der Waals surface area contributed by atoms with Gasteiger partial charge in [0.05, 0.1) is 0 Å². The molecule has 0 aliphatic heterocycles. The van der Waals surface area contributed by atoms with Gasteiger partial charge in [0.25, 0.3) is 0 Å². The normalized spacial score (nSPS) is 12.2. The summed E-state index contributed by atoms with van der Waals surface area (Å²) in [6.07, 6.45) is 2.34. The number of hydrogen-bond acceptors (Lipinski definition) is 2. The first-order valence-electron chi connectivity index (χ1n) is 6.36. The van der Waals surface area contributed by atoms with E-state index in [-0.39, 0.29) is 6.10 Å². The van der Waals surface area contributed by atoms with Crippen LogP contribution in [0.2, 0.25) is 14.8 Å². The molecule has 0 spiro atoms. The Hall–Kier alpha value is -0.641. The third-order valence-electron chi connectivity index (χ3n) is 2.35. The third-order valence-corrected chi connectivity index (χ3v) is 5.68. The van der Waals surface area contributed by atoms with Crippen molar-refractivity contribution in [1.29, 1.82) is 0 Å². The van der Waals surface area contributed by atoms with Gasteiger partial charge in [-0.25, -0.2) is 0 Å². The van der Waals surface area contributed by atoms with Crippen LogP contribution in [0.5, 0.6) is 11.5 Å². The van der Waals surface area contributed by atoms with Crippen molar-refractivity contribution in [2.24, 2.45) is 0 Å². The molecular formula is C15H24O2Sn. The Kier molecular flexibility index (Phi) is 5.57. The molecule has 0 aliphatic rings. The van der Waals surface area contributed by atoms with Gasteiger partial charge in [0.15, 0.2) is 0 Å². The van der Waals surface area contributed by atoms with Gasteiger partial charge in [-0.1, -0.05) is 0 Å². The third kappa shape index (κ3) is 4.92. The van der Waals surface area contributed by atoms with Gasteiger partial charge in [0.2, 0.25) is 0 Å². The molecule has 0 amide bonds. The summed E-state index contributed by atoms with van der Waals surface area (Å²) in [4.78, 5) is 7.15. The van der Waals surface area contributed by atoms with Crippen LogP contribution in [0.4, 0.5) is 0 Å². The number of hydrogen-bond donors (Lipinski definition) is 0. The molecule has 1 rings (SSSR count). The molecule has 0 atom stereocenters. The van der Waals surface area contributed by atoms with Gasteiger partial charge in [-0.05, 0) is 0 Å². The standard InChI is InChI=1S/C12H15O2.3CH3.Sn/c1-5-10-7-6-8-11(13-4)12(10)14-9(2)3;;;;/h1,5-9H,2-4H3;3*1H3;. The van der Waals surface area contributed by atoms with Crippen LogP contribution in [0.1, 0.15) is 19.4 Å². The Balaban J connectivity index is 3.13. The molecule has 1 aromatic carbocycles. The van der Waals surface area contributed by atoms with Gasteiger partial charge in [0.1, 0.15) is 0 Å². The maximum absolute atomic E-state index is 5.88. The van der Waals surface area contributed by atoms with Crippen molar-refractivity contribution in [2.75, 3.05) is 7.11 Å². The number of ether oxygens (including phenoxy) is 2. The van der Waals surface area contributed by atoms with E-state index < -0.39 is 18.4 Å². The van der Waals surface area contributed by atoms with Gasteiger partial charge >= 0.3 is 115 Å². The van der Waals surface area contributed by atoms with E-state index in [4.69, 9.17) is 9.47 Å². The fourth-order valence-corrected chi connectivity index (χ4v) is 3.47. The molecule has 0 saturated carbocycles. The van der Waals surface area contributed by atoms with Gasteiger partial charge < -0.3 is 0 Å². The monoisotopic (exact) mass is 356 g/mol. The SMILES string of the molecule is COc1cccc(/C=[CH]\[Sn]([CH3])([CH3])[CH3])c1OC(C)C. The van der Waals surface area contributed by atoms with Crippen LogP contribution >= 0.6 is 0 Å². The van der Waals surface area contributed by atoms with E-state index >= 15 is 0 Å². The second kappa shape index (κ2) is 6.50. The van der Waals surface area contributed by atoms with E-state index in [9.17, 15) is 0 Å². The molecule has 0 saturated heterocycles. The predicted molar refractivity (Wildman–Crippen MR) is 81.1 cm³/mol. The summed E-state index contributed by atoms with van der Waals surface area (Å²) in [6.45, 7) is 4.06. The molecule has 0 aromatic heterocycles. The Bertz CT molecular complexity index is 417. The minimum absolute atomic E-state index is 0.145. The van der Waals surface area contributed by atoms with E-state index in [0.717, 1.165) is 17.1 Å². The zero-order chi connectivity index (χ0) is 13.8. The zero-order valence-electron chi connectivity index (χ0n) is 12.3. The fraction of sp³-hybridized carbons (Fsp3) is 0.467. The summed E-state index contributed by atoms with van der Waals surface area (Å²) < 4.78 is 13.6. The second-order valence-electron chi connectivity index (χ2n) is 5.74. The number of methoxy groups -OCH3 is 1. The van der Waals surface area contributed by atoms with Crippen molar-refractivity contribution in [2.45, 2.75) is 34.8 Å². The predicted octanol–water partition coefficient (Wildman–Crippen LogP) is 4.37. The van der Waals surface area contributed by atoms with Crippen molar-refractivity contribution in [3.05, 3.63) is 27.9 Å². The summed E-state index contributed by atoms with van der Waals surface area (Å²) in [6, 6.07) is 6.02. The van der Waals surface area contributed by atoms with E-state index in [1.165, 1.54) is 0 Å². The molecule has 0 unspecified atom stereocenters. The summed E-state index contributed by atoms with van der Waals surface area (Å²) >= 11 is -1.90. The van der Waals surface area contributed by atoms with Crippen LogP contribution in [0.3, 0.4) is 0 Å². The number of benzene rings is 1. The molecule has 18 heavy (non-hydrogen) atoms. The topological polar surface area (TPSA) is 18.5 Å². The minimum atomic E-state index is -1.90. The van der Waals surface area contributed by atoms with E-state index in [0.29, 0.717) is 0 Å². The molecule has 0 bridgehead atoms. The quantitative estimate of drug-likeness (QED) is 0.731. The van der Waals surface area contributed by atoms with Crippen LogP contribution < -0.4 is 9.47 Å². The van der Waals surface area contributed by atoms with Crippen molar-refractivity contribution in [1.82, 2.24) is 0 Å². The maximum atomic E-state index is 5.88. The van der Waals surface area contributed by atoms with Gasteiger partial charge in [-0.2, -0.15) is 0 Å². The van der Waals surface area contributed by atoms with Crippen LogP contribution in [-0.4, -0.2) is 31.6 Å². The Morgan fingerprint density at radius 3 is 2.33 bits per heavy atom. The molecule has 3 heteroatoms. The van der Waals surface area contributed by atoms with Crippen molar-refractivity contribution < 1.29 is 9.47 Å². The second-order valence-corrected chi connectivity index (χ2v) is 20.2. The molecule has 2 nitrogen and oxygen atoms in total. The van der Waals surface area contributed by atoms with E-state index in [1.54, 1.807) is 7.11 Å². The van der Waals surface area contributed by atoms with Crippen LogP contribution in [0.15, 0.2) is 22.3 Å². The molecule has 0 aliphatic carbocycles. The molecule has 1 aromatic rings. The first-order chi connectivity index (χ1) is 8.33. The first-order valence-corrected chi connectivity index (χ1v) is 16.6. The summed E-state index contributed by atoms with van der Waals surface area (Å²) in [5.74, 6) is 1.65. The van der Waals surface area contributed by atoms with Gasteiger partial charge in [-0.3, -0.25) is 0 Å². The van der Waals surface area contributed by atoms with Gasteiger partial charge in [-0.15, -0.1) is 0 Å². The number of para-hydroxylation sites is 1. The summed E-state index contributed by atoms with van der Waals surface area (Å²) in [5.41, 5.74) is 1.11. The Labute approximate surface area is 115 Å². The Morgan fingerprint density at radius 2 is 1.83 bits per heavy atom. The molecule has 0 radical (unpaired) electrons. The molecule has 100 valence electrons. The van der Waals surface area contributed by atoms with Gasteiger partial charge in [0, 0.05) is 0 Å². The van der Waals surface area contributed by atoms with Crippen molar-refractivity contribution in [3.63, 3.8) is 0 Å². The molecule has 0 fully saturated rings. The average molecular weight is 355 g/mol. The van der Waals surface area contributed by atoms with Crippen LogP contribution in [-0.2, 0) is 0 Å². The number of rotatable bonds is 5. The van der Waals surface area contributed by atoms with Crippen LogP contribution in [0.25, 0.3) is 6.08 Å². The summed E-state index contributed by atoms with van der Waals surface area (Å²) in [5, 5.41) is 0. The first kappa shape index (κ1) is 15.4. The molecule has 0 N–H and O–H groups in total. The zero-order valence-corrected chi connectivity index (χ0v) is 15.1. The van der Waals surface area contributed by atoms with Crippen molar-refractivity contribution >= 4 is 24.5 Å². The molecule has 0 heterocycles.